The summed E-state index contributed by atoms with van der Waals surface area (Å²) in [5.41, 5.74) is 6.38. The zero-order valence-corrected chi connectivity index (χ0v) is 14.3. The Bertz CT molecular complexity index is 715. The first kappa shape index (κ1) is 14.8. The number of anilines is 1. The SMILES string of the molecule is CC1OCCC1(C)NC(=O)c1sc2cccc(Br)c2c1N. The number of hydrogen-bond acceptors (Lipinski definition) is 4. The van der Waals surface area contributed by atoms with Crippen LogP contribution in [0.3, 0.4) is 0 Å². The maximum absolute atomic E-state index is 12.6. The summed E-state index contributed by atoms with van der Waals surface area (Å²) in [5.74, 6) is -0.125. The number of rotatable bonds is 2. The summed E-state index contributed by atoms with van der Waals surface area (Å²) < 4.78 is 7.48. The van der Waals surface area contributed by atoms with Gasteiger partial charge in [0.05, 0.1) is 17.3 Å². The van der Waals surface area contributed by atoms with Crippen molar-refractivity contribution in [3.05, 3.63) is 27.5 Å². The second kappa shape index (κ2) is 5.26. The van der Waals surface area contributed by atoms with E-state index >= 15 is 0 Å². The highest BCUT2D eigenvalue weighted by molar-refractivity contribution is 9.10. The highest BCUT2D eigenvalue weighted by atomic mass is 79.9. The number of carbonyl (C=O) groups excluding carboxylic acids is 1. The predicted molar refractivity (Wildman–Crippen MR) is 89.8 cm³/mol. The van der Waals surface area contributed by atoms with Gasteiger partial charge in [-0.25, -0.2) is 0 Å². The quantitative estimate of drug-likeness (QED) is 0.851. The molecule has 2 unspecified atom stereocenters. The molecule has 0 spiro atoms. The number of nitrogens with two attached hydrogens (primary N) is 1. The fourth-order valence-corrected chi connectivity index (χ4v) is 4.37. The van der Waals surface area contributed by atoms with Crippen LogP contribution in [0.25, 0.3) is 10.1 Å². The van der Waals surface area contributed by atoms with Crippen LogP contribution in [0.1, 0.15) is 29.9 Å². The maximum atomic E-state index is 12.6. The minimum atomic E-state index is -0.336. The van der Waals surface area contributed by atoms with E-state index in [2.05, 4.69) is 21.2 Å². The molecule has 21 heavy (non-hydrogen) atoms. The van der Waals surface area contributed by atoms with Gasteiger partial charge in [0.2, 0.25) is 0 Å². The third kappa shape index (κ3) is 2.45. The molecule has 4 nitrogen and oxygen atoms in total. The van der Waals surface area contributed by atoms with Gasteiger partial charge in [0, 0.05) is 21.2 Å². The molecular weight excluding hydrogens is 352 g/mol. The number of carbonyl (C=O) groups is 1. The molecule has 2 aromatic rings. The van der Waals surface area contributed by atoms with Gasteiger partial charge in [0.25, 0.3) is 5.91 Å². The second-order valence-electron chi connectivity index (χ2n) is 5.59. The molecule has 1 amide bonds. The Morgan fingerprint density at radius 3 is 2.95 bits per heavy atom. The number of halogens is 1. The fraction of sp³-hybridized carbons (Fsp3) is 0.400. The first-order chi connectivity index (χ1) is 9.92. The van der Waals surface area contributed by atoms with Gasteiger partial charge < -0.3 is 15.8 Å². The number of nitrogen functional groups attached to an aromatic ring is 1. The van der Waals surface area contributed by atoms with Crippen molar-refractivity contribution in [2.24, 2.45) is 0 Å². The molecule has 2 heterocycles. The lowest BCUT2D eigenvalue weighted by atomic mass is 9.94. The van der Waals surface area contributed by atoms with Gasteiger partial charge in [-0.3, -0.25) is 4.79 Å². The van der Waals surface area contributed by atoms with Crippen molar-refractivity contribution < 1.29 is 9.53 Å². The van der Waals surface area contributed by atoms with Crippen molar-refractivity contribution in [2.45, 2.75) is 31.9 Å². The van der Waals surface area contributed by atoms with Gasteiger partial charge in [0.1, 0.15) is 4.88 Å². The number of ether oxygens (including phenoxy) is 1. The summed E-state index contributed by atoms with van der Waals surface area (Å²) in [4.78, 5) is 13.2. The van der Waals surface area contributed by atoms with Gasteiger partial charge in [-0.05, 0) is 32.4 Å². The summed E-state index contributed by atoms with van der Waals surface area (Å²) in [5, 5.41) is 4.00. The monoisotopic (exact) mass is 368 g/mol. The van der Waals surface area contributed by atoms with Gasteiger partial charge >= 0.3 is 0 Å². The number of hydrogen-bond donors (Lipinski definition) is 2. The minimum absolute atomic E-state index is 0.00351. The molecule has 1 fully saturated rings. The zero-order valence-electron chi connectivity index (χ0n) is 11.9. The van der Waals surface area contributed by atoms with E-state index in [4.69, 9.17) is 10.5 Å². The number of benzene rings is 1. The van der Waals surface area contributed by atoms with Crippen molar-refractivity contribution >= 4 is 48.9 Å². The average Bonchev–Trinajstić information content (AvgIpc) is 2.92. The Hall–Kier alpha value is -1.11. The average molecular weight is 369 g/mol. The summed E-state index contributed by atoms with van der Waals surface area (Å²) in [6, 6.07) is 5.85. The van der Waals surface area contributed by atoms with E-state index in [9.17, 15) is 4.79 Å². The second-order valence-corrected chi connectivity index (χ2v) is 7.50. The van der Waals surface area contributed by atoms with E-state index < -0.39 is 0 Å². The number of fused-ring (bicyclic) bond motifs is 1. The lowest BCUT2D eigenvalue weighted by Crippen LogP contribution is -2.50. The van der Waals surface area contributed by atoms with Crippen molar-refractivity contribution in [3.8, 4) is 0 Å². The molecule has 112 valence electrons. The lowest BCUT2D eigenvalue weighted by molar-refractivity contribution is 0.0731. The van der Waals surface area contributed by atoms with Crippen LogP contribution < -0.4 is 11.1 Å². The summed E-state index contributed by atoms with van der Waals surface area (Å²) in [6.07, 6.45) is 0.817. The smallest absolute Gasteiger partial charge is 0.264 e. The molecule has 6 heteroatoms. The van der Waals surface area contributed by atoms with Crippen LogP contribution >= 0.6 is 27.3 Å². The third-order valence-corrected chi connectivity index (χ3v) is 6.02. The van der Waals surface area contributed by atoms with E-state index in [1.54, 1.807) is 0 Å². The Morgan fingerprint density at radius 2 is 2.33 bits per heavy atom. The third-order valence-electron chi connectivity index (χ3n) is 4.19. The van der Waals surface area contributed by atoms with Crippen LogP contribution in [-0.4, -0.2) is 24.2 Å². The van der Waals surface area contributed by atoms with Crippen LogP contribution in [0.4, 0.5) is 5.69 Å². The Kier molecular flexibility index (Phi) is 3.71. The minimum Gasteiger partial charge on any atom is -0.397 e. The molecule has 0 aliphatic carbocycles. The van der Waals surface area contributed by atoms with Crippen LogP contribution in [0, 0.1) is 0 Å². The van der Waals surface area contributed by atoms with Crippen molar-refractivity contribution in [2.75, 3.05) is 12.3 Å². The lowest BCUT2D eigenvalue weighted by Gasteiger charge is -2.28. The highest BCUT2D eigenvalue weighted by Gasteiger charge is 2.39. The first-order valence-electron chi connectivity index (χ1n) is 6.83. The molecule has 1 saturated heterocycles. The van der Waals surface area contributed by atoms with Crippen molar-refractivity contribution in [3.63, 3.8) is 0 Å². The number of thiophene rings is 1. The molecule has 3 N–H and O–H groups in total. The van der Waals surface area contributed by atoms with E-state index in [0.717, 1.165) is 21.0 Å². The van der Waals surface area contributed by atoms with E-state index in [0.29, 0.717) is 17.2 Å². The number of nitrogens with one attached hydrogen (secondary N) is 1. The van der Waals surface area contributed by atoms with Crippen LogP contribution in [0.2, 0.25) is 0 Å². The molecule has 0 bridgehead atoms. The summed E-state index contributed by atoms with van der Waals surface area (Å²) in [6.45, 7) is 4.67. The summed E-state index contributed by atoms with van der Waals surface area (Å²) in [7, 11) is 0. The van der Waals surface area contributed by atoms with Crippen molar-refractivity contribution in [1.82, 2.24) is 5.32 Å². The van der Waals surface area contributed by atoms with Gasteiger partial charge in [0.15, 0.2) is 0 Å². The fourth-order valence-electron chi connectivity index (χ4n) is 2.61. The normalized spacial score (nSPS) is 25.4. The van der Waals surface area contributed by atoms with Crippen LogP contribution in [0.5, 0.6) is 0 Å². The largest absolute Gasteiger partial charge is 0.397 e. The molecule has 1 aromatic carbocycles. The molecule has 0 saturated carbocycles. The van der Waals surface area contributed by atoms with Crippen LogP contribution in [0.15, 0.2) is 22.7 Å². The van der Waals surface area contributed by atoms with Gasteiger partial charge in [-0.15, -0.1) is 11.3 Å². The standard InChI is InChI=1S/C15H17BrN2O2S/c1-8-15(2,6-7-20-8)18-14(19)13-12(17)11-9(16)4-3-5-10(11)21-13/h3-5,8H,6-7,17H2,1-2H3,(H,18,19). The maximum Gasteiger partial charge on any atom is 0.264 e. The van der Waals surface area contributed by atoms with Crippen molar-refractivity contribution in [1.29, 1.82) is 0 Å². The summed E-state index contributed by atoms with van der Waals surface area (Å²) >= 11 is 4.92. The topological polar surface area (TPSA) is 64.3 Å². The van der Waals surface area contributed by atoms with E-state index in [-0.39, 0.29) is 17.6 Å². The van der Waals surface area contributed by atoms with Gasteiger partial charge in [-0.2, -0.15) is 0 Å². The zero-order chi connectivity index (χ0) is 15.2. The first-order valence-corrected chi connectivity index (χ1v) is 8.44. The molecule has 3 rings (SSSR count). The Labute approximate surface area is 135 Å². The van der Waals surface area contributed by atoms with Crippen LogP contribution in [-0.2, 0) is 4.74 Å². The Morgan fingerprint density at radius 1 is 1.57 bits per heavy atom. The molecule has 1 aliphatic heterocycles. The number of amides is 1. The Balaban J connectivity index is 1.95. The molecule has 0 radical (unpaired) electrons. The molecule has 1 aliphatic rings. The van der Waals surface area contributed by atoms with Gasteiger partial charge in [-0.1, -0.05) is 22.0 Å². The van der Waals surface area contributed by atoms with E-state index in [1.165, 1.54) is 11.3 Å². The highest BCUT2D eigenvalue weighted by Crippen LogP contribution is 2.38. The molecule has 2 atom stereocenters. The predicted octanol–water partition coefficient (Wildman–Crippen LogP) is 3.54. The molecule has 1 aromatic heterocycles. The molecular formula is C15H17BrN2O2S. The van der Waals surface area contributed by atoms with E-state index in [1.807, 2.05) is 32.0 Å².